The molecule has 0 saturated carbocycles. The number of aliphatic carboxylic acids is 1. The quantitative estimate of drug-likeness (QED) is 0.803. The van der Waals surface area contributed by atoms with Gasteiger partial charge in [-0.25, -0.2) is 4.79 Å². The Bertz CT molecular complexity index is 327. The van der Waals surface area contributed by atoms with Crippen LogP contribution in [0.4, 0.5) is 0 Å². The molecule has 0 amide bonds. The number of aryl methyl sites for hydroxylation is 1. The van der Waals surface area contributed by atoms with E-state index in [0.29, 0.717) is 19.6 Å². The highest BCUT2D eigenvalue weighted by Gasteiger charge is 2.16. The Morgan fingerprint density at radius 2 is 2.53 bits per heavy atom. The molecule has 0 radical (unpaired) electrons. The molecule has 1 atom stereocenters. The van der Waals surface area contributed by atoms with E-state index in [-0.39, 0.29) is 0 Å². The summed E-state index contributed by atoms with van der Waals surface area (Å²) >= 11 is 2.16. The van der Waals surface area contributed by atoms with E-state index < -0.39 is 12.1 Å². The Balaban J connectivity index is 2.43. The van der Waals surface area contributed by atoms with E-state index in [9.17, 15) is 4.79 Å². The highest BCUT2D eigenvalue weighted by Crippen LogP contribution is 2.05. The predicted molar refractivity (Wildman–Crippen MR) is 62.6 cm³/mol. The first-order valence-electron chi connectivity index (χ1n) is 4.66. The smallest absolute Gasteiger partial charge is 0.332 e. The van der Waals surface area contributed by atoms with Crippen LogP contribution in [-0.2, 0) is 16.1 Å². The van der Waals surface area contributed by atoms with Crippen LogP contribution in [0, 0.1) is 3.57 Å². The Kier molecular flexibility index (Phi) is 5.03. The molecule has 1 aromatic heterocycles. The van der Waals surface area contributed by atoms with Gasteiger partial charge in [-0.2, -0.15) is 5.10 Å². The van der Waals surface area contributed by atoms with Crippen LogP contribution in [0.2, 0.25) is 0 Å². The number of hydrogen-bond acceptors (Lipinski definition) is 3. The van der Waals surface area contributed by atoms with Crippen molar-refractivity contribution in [2.24, 2.45) is 0 Å². The normalized spacial score (nSPS) is 12.7. The topological polar surface area (TPSA) is 64.4 Å². The molecule has 0 aliphatic heterocycles. The molecule has 5 nitrogen and oxygen atoms in total. The van der Waals surface area contributed by atoms with Crippen LogP contribution >= 0.6 is 22.6 Å². The predicted octanol–water partition coefficient (Wildman–Crippen LogP) is 1.37. The molecule has 1 rings (SSSR count). The largest absolute Gasteiger partial charge is 0.479 e. The third-order valence-corrected chi connectivity index (χ3v) is 2.42. The average molecular weight is 324 g/mol. The summed E-state index contributed by atoms with van der Waals surface area (Å²) in [5, 5.41) is 12.9. The van der Waals surface area contributed by atoms with Crippen molar-refractivity contribution < 1.29 is 14.6 Å². The van der Waals surface area contributed by atoms with Gasteiger partial charge in [0.1, 0.15) is 0 Å². The van der Waals surface area contributed by atoms with Crippen molar-refractivity contribution in [3.05, 3.63) is 16.0 Å². The molecule has 1 N–H and O–H groups in total. The first-order chi connectivity index (χ1) is 7.13. The fourth-order valence-corrected chi connectivity index (χ4v) is 1.64. The molecule has 6 heteroatoms. The van der Waals surface area contributed by atoms with Crippen molar-refractivity contribution in [1.29, 1.82) is 0 Å². The molecule has 0 fully saturated rings. The van der Waals surface area contributed by atoms with Crippen LogP contribution < -0.4 is 0 Å². The molecular formula is C9H13IN2O3. The number of carboxylic acid groups (broad SMARTS) is 1. The maximum absolute atomic E-state index is 10.8. The van der Waals surface area contributed by atoms with Crippen molar-refractivity contribution in [3.8, 4) is 0 Å². The van der Waals surface area contributed by atoms with E-state index >= 15 is 0 Å². The van der Waals surface area contributed by atoms with Gasteiger partial charge in [0.05, 0.1) is 9.77 Å². The first kappa shape index (κ1) is 12.4. The third kappa shape index (κ3) is 4.17. The molecule has 15 heavy (non-hydrogen) atoms. The molecule has 0 aliphatic rings. The van der Waals surface area contributed by atoms with Crippen LogP contribution in [0.15, 0.2) is 12.4 Å². The van der Waals surface area contributed by atoms with Crippen LogP contribution in [0.5, 0.6) is 0 Å². The first-order valence-corrected chi connectivity index (χ1v) is 5.73. The number of hydrogen-bond donors (Lipinski definition) is 1. The lowest BCUT2D eigenvalue weighted by Gasteiger charge is -2.11. The highest BCUT2D eigenvalue weighted by atomic mass is 127. The zero-order valence-electron chi connectivity index (χ0n) is 8.39. The maximum atomic E-state index is 10.8. The Morgan fingerprint density at radius 3 is 3.00 bits per heavy atom. The number of carbonyl (C=O) groups is 1. The van der Waals surface area contributed by atoms with Gasteiger partial charge >= 0.3 is 5.97 Å². The van der Waals surface area contributed by atoms with Gasteiger partial charge in [-0.3, -0.25) is 4.68 Å². The van der Waals surface area contributed by atoms with E-state index in [4.69, 9.17) is 9.84 Å². The summed E-state index contributed by atoms with van der Waals surface area (Å²) in [5.41, 5.74) is 0. The molecule has 0 bridgehead atoms. The molecular weight excluding hydrogens is 311 g/mol. The SMILES string of the molecule is CCOC(CCn1cc(I)cn1)C(=O)O. The summed E-state index contributed by atoms with van der Waals surface area (Å²) < 4.78 is 7.85. The number of ether oxygens (including phenoxy) is 1. The average Bonchev–Trinajstić information content (AvgIpc) is 2.58. The molecule has 0 spiro atoms. The summed E-state index contributed by atoms with van der Waals surface area (Å²) in [6.07, 6.45) is 3.29. The minimum Gasteiger partial charge on any atom is -0.479 e. The maximum Gasteiger partial charge on any atom is 0.332 e. The van der Waals surface area contributed by atoms with Crippen molar-refractivity contribution >= 4 is 28.6 Å². The lowest BCUT2D eigenvalue weighted by Crippen LogP contribution is -2.25. The molecule has 0 aliphatic carbocycles. The van der Waals surface area contributed by atoms with Crippen molar-refractivity contribution in [2.45, 2.75) is 26.0 Å². The minimum atomic E-state index is -0.918. The Labute approximate surface area is 102 Å². The van der Waals surface area contributed by atoms with E-state index in [1.54, 1.807) is 17.8 Å². The zero-order valence-corrected chi connectivity index (χ0v) is 10.5. The number of carboxylic acids is 1. The standard InChI is InChI=1S/C9H13IN2O3/c1-2-15-8(9(13)14)3-4-12-6-7(10)5-11-12/h5-6,8H,2-4H2,1H3,(H,13,14). The summed E-state index contributed by atoms with van der Waals surface area (Å²) in [6, 6.07) is 0. The summed E-state index contributed by atoms with van der Waals surface area (Å²) in [5.74, 6) is -0.918. The van der Waals surface area contributed by atoms with Gasteiger partial charge in [-0.1, -0.05) is 0 Å². The van der Waals surface area contributed by atoms with E-state index in [1.807, 2.05) is 6.20 Å². The highest BCUT2D eigenvalue weighted by molar-refractivity contribution is 14.1. The zero-order chi connectivity index (χ0) is 11.3. The number of nitrogens with zero attached hydrogens (tertiary/aromatic N) is 2. The molecule has 1 unspecified atom stereocenters. The van der Waals surface area contributed by atoms with Gasteiger partial charge in [-0.05, 0) is 29.5 Å². The Hall–Kier alpha value is -0.630. The van der Waals surface area contributed by atoms with Gasteiger partial charge in [0, 0.05) is 25.8 Å². The van der Waals surface area contributed by atoms with Crippen molar-refractivity contribution in [1.82, 2.24) is 9.78 Å². The van der Waals surface area contributed by atoms with Gasteiger partial charge in [0.15, 0.2) is 6.10 Å². The fraction of sp³-hybridized carbons (Fsp3) is 0.556. The van der Waals surface area contributed by atoms with Crippen LogP contribution in [-0.4, -0.2) is 33.6 Å². The van der Waals surface area contributed by atoms with Crippen LogP contribution in [0.25, 0.3) is 0 Å². The van der Waals surface area contributed by atoms with Crippen LogP contribution in [0.3, 0.4) is 0 Å². The molecule has 0 saturated heterocycles. The van der Waals surface area contributed by atoms with Crippen LogP contribution in [0.1, 0.15) is 13.3 Å². The van der Waals surface area contributed by atoms with Gasteiger partial charge < -0.3 is 9.84 Å². The fourth-order valence-electron chi connectivity index (χ4n) is 1.19. The minimum absolute atomic E-state index is 0.410. The second-order valence-electron chi connectivity index (χ2n) is 2.99. The summed E-state index contributed by atoms with van der Waals surface area (Å²) in [4.78, 5) is 10.8. The molecule has 84 valence electrons. The number of halogens is 1. The van der Waals surface area contributed by atoms with E-state index in [1.165, 1.54) is 0 Å². The Morgan fingerprint density at radius 1 is 1.80 bits per heavy atom. The molecule has 0 aromatic carbocycles. The second kappa shape index (κ2) is 6.06. The lowest BCUT2D eigenvalue weighted by atomic mass is 10.2. The van der Waals surface area contributed by atoms with E-state index in [0.717, 1.165) is 3.57 Å². The van der Waals surface area contributed by atoms with Gasteiger partial charge in [0.2, 0.25) is 0 Å². The lowest BCUT2D eigenvalue weighted by molar-refractivity contribution is -0.150. The van der Waals surface area contributed by atoms with E-state index in [2.05, 4.69) is 27.7 Å². The third-order valence-electron chi connectivity index (χ3n) is 1.87. The van der Waals surface area contributed by atoms with Gasteiger partial charge in [-0.15, -0.1) is 0 Å². The van der Waals surface area contributed by atoms with Crippen molar-refractivity contribution in [3.63, 3.8) is 0 Å². The monoisotopic (exact) mass is 324 g/mol. The number of aromatic nitrogens is 2. The summed E-state index contributed by atoms with van der Waals surface area (Å²) in [7, 11) is 0. The summed E-state index contributed by atoms with van der Waals surface area (Å²) in [6.45, 7) is 2.75. The number of rotatable bonds is 6. The second-order valence-corrected chi connectivity index (χ2v) is 4.24. The van der Waals surface area contributed by atoms with Crippen molar-refractivity contribution in [2.75, 3.05) is 6.61 Å². The molecule has 1 aromatic rings. The van der Waals surface area contributed by atoms with Gasteiger partial charge in [0.25, 0.3) is 0 Å². The molecule has 1 heterocycles.